The van der Waals surface area contributed by atoms with Crippen LogP contribution in [0.3, 0.4) is 0 Å². The topological polar surface area (TPSA) is 71.3 Å². The van der Waals surface area contributed by atoms with Gasteiger partial charge >= 0.3 is 0 Å². The van der Waals surface area contributed by atoms with Gasteiger partial charge in [0.2, 0.25) is 11.9 Å². The summed E-state index contributed by atoms with van der Waals surface area (Å²) in [5.74, 6) is 0.466. The van der Waals surface area contributed by atoms with Crippen molar-refractivity contribution in [2.75, 3.05) is 11.9 Å². The van der Waals surface area contributed by atoms with Gasteiger partial charge < -0.3 is 10.6 Å². The summed E-state index contributed by atoms with van der Waals surface area (Å²) in [7, 11) is 0. The van der Waals surface area contributed by atoms with Crippen LogP contribution in [0.4, 0.5) is 5.95 Å². The molecule has 2 aromatic heterocycles. The number of hydrogen-bond donors (Lipinski definition) is 2. The summed E-state index contributed by atoms with van der Waals surface area (Å²) in [4.78, 5) is 15.7. The third-order valence-corrected chi connectivity index (χ3v) is 2.59. The van der Waals surface area contributed by atoms with Crippen LogP contribution in [0.5, 0.6) is 0 Å². The fourth-order valence-corrected chi connectivity index (χ4v) is 1.57. The lowest BCUT2D eigenvalue weighted by molar-refractivity contribution is -0.119. The minimum Gasteiger partial charge on any atom is -0.352 e. The molecule has 88 valence electrons. The van der Waals surface area contributed by atoms with E-state index in [0.717, 1.165) is 18.5 Å². The maximum atomic E-state index is 11.4. The SMILES string of the molecule is O=C(CNc1nc2ccccn2n1)NC1CC1. The highest BCUT2D eigenvalue weighted by Crippen LogP contribution is 2.18. The predicted octanol–water partition coefficient (Wildman–Crippen LogP) is 0.420. The lowest BCUT2D eigenvalue weighted by Gasteiger charge is -2.02. The fourth-order valence-electron chi connectivity index (χ4n) is 1.57. The summed E-state index contributed by atoms with van der Waals surface area (Å²) in [5, 5.41) is 10.00. The van der Waals surface area contributed by atoms with E-state index >= 15 is 0 Å². The molecular weight excluding hydrogens is 218 g/mol. The largest absolute Gasteiger partial charge is 0.352 e. The second-order valence-electron chi connectivity index (χ2n) is 4.13. The molecule has 0 spiro atoms. The van der Waals surface area contributed by atoms with Crippen molar-refractivity contribution in [2.45, 2.75) is 18.9 Å². The first kappa shape index (κ1) is 10.1. The molecule has 2 N–H and O–H groups in total. The number of carbonyl (C=O) groups excluding carboxylic acids is 1. The van der Waals surface area contributed by atoms with Crippen molar-refractivity contribution in [1.82, 2.24) is 19.9 Å². The zero-order valence-corrected chi connectivity index (χ0v) is 9.26. The van der Waals surface area contributed by atoms with Crippen LogP contribution >= 0.6 is 0 Å². The summed E-state index contributed by atoms with van der Waals surface area (Å²) in [6.45, 7) is 0.216. The van der Waals surface area contributed by atoms with Crippen molar-refractivity contribution >= 4 is 17.5 Å². The quantitative estimate of drug-likeness (QED) is 0.800. The molecule has 1 aliphatic rings. The Morgan fingerprint density at radius 2 is 2.35 bits per heavy atom. The standard InChI is InChI=1S/C11H13N5O/c17-10(13-8-4-5-8)7-12-11-14-9-3-1-2-6-16(9)15-11/h1-3,6,8H,4-5,7H2,(H,12,15)(H,13,17). The van der Waals surface area contributed by atoms with E-state index in [2.05, 4.69) is 20.7 Å². The van der Waals surface area contributed by atoms with Crippen molar-refractivity contribution in [1.29, 1.82) is 0 Å². The lowest BCUT2D eigenvalue weighted by atomic mass is 10.5. The Morgan fingerprint density at radius 1 is 1.47 bits per heavy atom. The van der Waals surface area contributed by atoms with Crippen molar-refractivity contribution in [3.63, 3.8) is 0 Å². The molecule has 0 aromatic carbocycles. The van der Waals surface area contributed by atoms with Gasteiger partial charge in [0, 0.05) is 12.2 Å². The van der Waals surface area contributed by atoms with E-state index in [9.17, 15) is 4.79 Å². The summed E-state index contributed by atoms with van der Waals surface area (Å²) in [6.07, 6.45) is 4.01. The Kier molecular flexibility index (Phi) is 2.40. The zero-order chi connectivity index (χ0) is 11.7. The average molecular weight is 231 g/mol. The first-order chi connectivity index (χ1) is 8.31. The van der Waals surface area contributed by atoms with Crippen LogP contribution in [0, 0.1) is 0 Å². The van der Waals surface area contributed by atoms with E-state index in [-0.39, 0.29) is 12.5 Å². The molecule has 0 radical (unpaired) electrons. The summed E-state index contributed by atoms with van der Waals surface area (Å²) >= 11 is 0. The maximum Gasteiger partial charge on any atom is 0.243 e. The van der Waals surface area contributed by atoms with Gasteiger partial charge in [0.05, 0.1) is 6.54 Å². The van der Waals surface area contributed by atoms with Crippen LogP contribution < -0.4 is 10.6 Å². The Morgan fingerprint density at radius 3 is 3.12 bits per heavy atom. The number of carbonyl (C=O) groups is 1. The number of aromatic nitrogens is 3. The molecule has 0 atom stereocenters. The predicted molar refractivity (Wildman–Crippen MR) is 62.6 cm³/mol. The van der Waals surface area contributed by atoms with E-state index in [0.29, 0.717) is 12.0 Å². The molecule has 1 fully saturated rings. The molecule has 17 heavy (non-hydrogen) atoms. The molecule has 2 aromatic rings. The van der Waals surface area contributed by atoms with E-state index in [1.54, 1.807) is 4.52 Å². The molecule has 1 amide bonds. The molecule has 0 aliphatic heterocycles. The normalized spacial score (nSPS) is 14.8. The molecular formula is C11H13N5O. The molecule has 1 aliphatic carbocycles. The number of fused-ring (bicyclic) bond motifs is 1. The third kappa shape index (κ3) is 2.35. The van der Waals surface area contributed by atoms with Gasteiger partial charge in [-0.2, -0.15) is 4.98 Å². The van der Waals surface area contributed by atoms with Crippen molar-refractivity contribution in [2.24, 2.45) is 0 Å². The number of anilines is 1. The summed E-state index contributed by atoms with van der Waals surface area (Å²) in [6, 6.07) is 6.03. The Hall–Kier alpha value is -2.11. The van der Waals surface area contributed by atoms with Gasteiger partial charge in [-0.25, -0.2) is 4.52 Å². The van der Waals surface area contributed by atoms with Crippen LogP contribution in [-0.4, -0.2) is 33.1 Å². The van der Waals surface area contributed by atoms with Gasteiger partial charge in [0.1, 0.15) is 0 Å². The smallest absolute Gasteiger partial charge is 0.243 e. The number of rotatable bonds is 4. The highest BCUT2D eigenvalue weighted by Gasteiger charge is 2.22. The monoisotopic (exact) mass is 231 g/mol. The summed E-state index contributed by atoms with van der Waals surface area (Å²) in [5.41, 5.74) is 0.762. The van der Waals surface area contributed by atoms with Crippen molar-refractivity contribution in [3.05, 3.63) is 24.4 Å². The molecule has 2 heterocycles. The number of hydrogen-bond acceptors (Lipinski definition) is 4. The fraction of sp³-hybridized carbons (Fsp3) is 0.364. The molecule has 0 saturated heterocycles. The third-order valence-electron chi connectivity index (χ3n) is 2.59. The lowest BCUT2D eigenvalue weighted by Crippen LogP contribution is -2.31. The van der Waals surface area contributed by atoms with Crippen LogP contribution in [0.2, 0.25) is 0 Å². The van der Waals surface area contributed by atoms with E-state index in [1.807, 2.05) is 24.4 Å². The van der Waals surface area contributed by atoms with Crippen molar-refractivity contribution in [3.8, 4) is 0 Å². The Bertz CT molecular complexity index is 513. The molecule has 1 saturated carbocycles. The molecule has 6 nitrogen and oxygen atoms in total. The van der Waals surface area contributed by atoms with E-state index in [4.69, 9.17) is 0 Å². The molecule has 3 rings (SSSR count). The van der Waals surface area contributed by atoms with Gasteiger partial charge in [0.25, 0.3) is 0 Å². The van der Waals surface area contributed by atoms with E-state index < -0.39 is 0 Å². The van der Waals surface area contributed by atoms with Crippen LogP contribution in [0.25, 0.3) is 5.65 Å². The second-order valence-corrected chi connectivity index (χ2v) is 4.13. The number of pyridine rings is 1. The number of amides is 1. The highest BCUT2D eigenvalue weighted by atomic mass is 16.2. The van der Waals surface area contributed by atoms with Gasteiger partial charge in [-0.3, -0.25) is 4.79 Å². The second kappa shape index (κ2) is 4.04. The van der Waals surface area contributed by atoms with E-state index in [1.165, 1.54) is 0 Å². The molecule has 6 heteroatoms. The van der Waals surface area contributed by atoms with Crippen molar-refractivity contribution < 1.29 is 4.79 Å². The van der Waals surface area contributed by atoms with Gasteiger partial charge in [-0.05, 0) is 25.0 Å². The molecule has 0 unspecified atom stereocenters. The summed E-state index contributed by atoms with van der Waals surface area (Å²) < 4.78 is 1.67. The Labute approximate surface area is 98.0 Å². The highest BCUT2D eigenvalue weighted by molar-refractivity contribution is 5.80. The maximum absolute atomic E-state index is 11.4. The zero-order valence-electron chi connectivity index (χ0n) is 9.26. The van der Waals surface area contributed by atoms with Crippen LogP contribution in [0.15, 0.2) is 24.4 Å². The van der Waals surface area contributed by atoms with Gasteiger partial charge in [-0.15, -0.1) is 5.10 Å². The van der Waals surface area contributed by atoms with Gasteiger partial charge in [0.15, 0.2) is 5.65 Å². The number of nitrogens with one attached hydrogen (secondary N) is 2. The van der Waals surface area contributed by atoms with Crippen LogP contribution in [-0.2, 0) is 4.79 Å². The Balaban J connectivity index is 1.61. The molecule has 0 bridgehead atoms. The van der Waals surface area contributed by atoms with Crippen LogP contribution in [0.1, 0.15) is 12.8 Å². The minimum atomic E-state index is -0.00800. The number of nitrogens with zero attached hydrogens (tertiary/aromatic N) is 3. The van der Waals surface area contributed by atoms with Gasteiger partial charge in [-0.1, -0.05) is 6.07 Å². The first-order valence-corrected chi connectivity index (χ1v) is 5.66. The minimum absolute atomic E-state index is 0.00800. The first-order valence-electron chi connectivity index (χ1n) is 5.66. The average Bonchev–Trinajstić information content (AvgIpc) is 3.03.